The van der Waals surface area contributed by atoms with Crippen molar-refractivity contribution in [1.29, 1.82) is 0 Å². The molecule has 0 saturated heterocycles. The normalized spacial score (nSPS) is 10.4. The zero-order valence-electron chi connectivity index (χ0n) is 16.5. The molecule has 1 heterocycles. The largest absolute Gasteiger partial charge is 0.495 e. The molecule has 1 aromatic heterocycles. The minimum Gasteiger partial charge on any atom is -0.495 e. The van der Waals surface area contributed by atoms with Gasteiger partial charge in [0, 0.05) is 24.4 Å². The molecule has 0 aliphatic rings. The molecule has 3 rings (SSSR count). The maximum Gasteiger partial charge on any atom is 0.280 e. The summed E-state index contributed by atoms with van der Waals surface area (Å²) in [4.78, 5) is 36.6. The average molecular weight is 427 g/mol. The number of nitrogens with one attached hydrogen (secondary N) is 2. The van der Waals surface area contributed by atoms with Crippen LogP contribution in [0.1, 0.15) is 23.1 Å². The van der Waals surface area contributed by atoms with Crippen LogP contribution in [0.4, 0.5) is 11.4 Å². The number of aryl methyl sites for hydroxylation is 1. The van der Waals surface area contributed by atoms with Crippen LogP contribution in [-0.4, -0.2) is 28.7 Å². The summed E-state index contributed by atoms with van der Waals surface area (Å²) < 4.78 is 6.69. The van der Waals surface area contributed by atoms with Crippen LogP contribution in [0.15, 0.2) is 53.3 Å². The second-order valence-electron chi connectivity index (χ2n) is 6.41. The Balaban J connectivity index is 2.00. The van der Waals surface area contributed by atoms with Crippen molar-refractivity contribution in [2.24, 2.45) is 0 Å². The summed E-state index contributed by atoms with van der Waals surface area (Å²) in [6, 6.07) is 13.0. The molecular formula is C21H19ClN4O4. The van der Waals surface area contributed by atoms with Crippen LogP contribution in [0.3, 0.4) is 0 Å². The van der Waals surface area contributed by atoms with Crippen LogP contribution in [0.2, 0.25) is 5.02 Å². The number of ether oxygens (including phenoxy) is 1. The van der Waals surface area contributed by atoms with Crippen LogP contribution in [0.25, 0.3) is 5.69 Å². The maximum absolute atomic E-state index is 12.9. The zero-order valence-corrected chi connectivity index (χ0v) is 17.3. The summed E-state index contributed by atoms with van der Waals surface area (Å²) in [6.45, 7) is 3.06. The second kappa shape index (κ2) is 8.79. The van der Waals surface area contributed by atoms with Gasteiger partial charge in [0.15, 0.2) is 5.69 Å². The maximum atomic E-state index is 12.9. The smallest absolute Gasteiger partial charge is 0.280 e. The lowest BCUT2D eigenvalue weighted by Crippen LogP contribution is -2.27. The van der Waals surface area contributed by atoms with Crippen molar-refractivity contribution >= 4 is 34.8 Å². The third-order valence-corrected chi connectivity index (χ3v) is 4.49. The predicted octanol–water partition coefficient (Wildman–Crippen LogP) is 3.41. The number of halogens is 1. The molecule has 0 bridgehead atoms. The highest BCUT2D eigenvalue weighted by Gasteiger charge is 2.18. The standard InChI is InChI=1S/C21H19ClN4O4/c1-12-10-18(28)20(25-26(12)17-7-5-4-6-15(17)22)21(29)24-16-11-14(23-13(2)27)8-9-19(16)30-3/h4-11H,1-3H3,(H,23,27)(H,24,29). The predicted molar refractivity (Wildman–Crippen MR) is 115 cm³/mol. The van der Waals surface area contributed by atoms with Crippen molar-refractivity contribution < 1.29 is 14.3 Å². The number of carbonyl (C=O) groups is 2. The van der Waals surface area contributed by atoms with Crippen molar-refractivity contribution in [2.45, 2.75) is 13.8 Å². The summed E-state index contributed by atoms with van der Waals surface area (Å²) >= 11 is 6.24. The van der Waals surface area contributed by atoms with Crippen molar-refractivity contribution in [2.75, 3.05) is 17.7 Å². The van der Waals surface area contributed by atoms with Gasteiger partial charge in [-0.2, -0.15) is 5.10 Å². The first kappa shape index (κ1) is 21.1. The molecule has 8 nitrogen and oxygen atoms in total. The Bertz CT molecular complexity index is 1190. The van der Waals surface area contributed by atoms with E-state index in [9.17, 15) is 14.4 Å². The third-order valence-electron chi connectivity index (χ3n) is 4.17. The quantitative estimate of drug-likeness (QED) is 0.650. The van der Waals surface area contributed by atoms with Gasteiger partial charge in [0.2, 0.25) is 11.3 Å². The highest BCUT2D eigenvalue weighted by molar-refractivity contribution is 6.32. The van der Waals surface area contributed by atoms with E-state index in [4.69, 9.17) is 16.3 Å². The molecule has 0 aliphatic heterocycles. The van der Waals surface area contributed by atoms with E-state index >= 15 is 0 Å². The molecule has 0 unspecified atom stereocenters. The zero-order chi connectivity index (χ0) is 21.8. The molecule has 2 aromatic carbocycles. The van der Waals surface area contributed by atoms with Crippen LogP contribution in [0, 0.1) is 6.92 Å². The van der Waals surface area contributed by atoms with Gasteiger partial charge < -0.3 is 15.4 Å². The van der Waals surface area contributed by atoms with Gasteiger partial charge >= 0.3 is 0 Å². The van der Waals surface area contributed by atoms with Gasteiger partial charge in [-0.15, -0.1) is 0 Å². The van der Waals surface area contributed by atoms with E-state index in [1.165, 1.54) is 30.8 Å². The highest BCUT2D eigenvalue weighted by atomic mass is 35.5. The number of aromatic nitrogens is 2. The lowest BCUT2D eigenvalue weighted by atomic mass is 10.2. The van der Waals surface area contributed by atoms with Crippen molar-refractivity contribution in [3.05, 3.63) is 75.2 Å². The topological polar surface area (TPSA) is 102 Å². The molecule has 154 valence electrons. The van der Waals surface area contributed by atoms with Gasteiger partial charge in [-0.05, 0) is 37.3 Å². The minimum absolute atomic E-state index is 0.264. The molecule has 9 heteroatoms. The molecule has 0 spiro atoms. The number of para-hydroxylation sites is 1. The first-order chi connectivity index (χ1) is 14.3. The number of amides is 2. The summed E-state index contributed by atoms with van der Waals surface area (Å²) in [5.74, 6) is -0.629. The van der Waals surface area contributed by atoms with Crippen molar-refractivity contribution in [1.82, 2.24) is 9.78 Å². The van der Waals surface area contributed by atoms with E-state index in [1.54, 1.807) is 43.3 Å². The molecule has 30 heavy (non-hydrogen) atoms. The minimum atomic E-state index is -0.723. The summed E-state index contributed by atoms with van der Waals surface area (Å²) in [6.07, 6.45) is 0. The Labute approximate surface area is 177 Å². The summed E-state index contributed by atoms with van der Waals surface area (Å²) in [5, 5.41) is 9.89. The molecule has 2 N–H and O–H groups in total. The highest BCUT2D eigenvalue weighted by Crippen LogP contribution is 2.28. The molecule has 0 fully saturated rings. The molecule has 3 aromatic rings. The number of methoxy groups -OCH3 is 1. The third kappa shape index (κ3) is 4.49. The Kier molecular flexibility index (Phi) is 6.17. The van der Waals surface area contributed by atoms with Crippen LogP contribution >= 0.6 is 11.6 Å². The number of hydrogen-bond donors (Lipinski definition) is 2. The van der Waals surface area contributed by atoms with Crippen LogP contribution in [-0.2, 0) is 4.79 Å². The SMILES string of the molecule is COc1ccc(NC(C)=O)cc1NC(=O)c1nn(-c2ccccc2Cl)c(C)cc1=O. The van der Waals surface area contributed by atoms with Gasteiger partial charge in [0.1, 0.15) is 5.75 Å². The van der Waals surface area contributed by atoms with E-state index in [2.05, 4.69) is 15.7 Å². The van der Waals surface area contributed by atoms with E-state index in [1.807, 2.05) is 0 Å². The first-order valence-corrected chi connectivity index (χ1v) is 9.31. The monoisotopic (exact) mass is 426 g/mol. The van der Waals surface area contributed by atoms with Crippen molar-refractivity contribution in [3.8, 4) is 11.4 Å². The van der Waals surface area contributed by atoms with Gasteiger partial charge in [-0.1, -0.05) is 23.7 Å². The molecular weight excluding hydrogens is 408 g/mol. The molecule has 0 atom stereocenters. The van der Waals surface area contributed by atoms with E-state index in [0.29, 0.717) is 27.8 Å². The van der Waals surface area contributed by atoms with Gasteiger partial charge in [0.05, 0.1) is 23.5 Å². The fourth-order valence-corrected chi connectivity index (χ4v) is 3.06. The molecule has 0 aliphatic carbocycles. The molecule has 0 radical (unpaired) electrons. The Morgan fingerprint density at radius 1 is 1.10 bits per heavy atom. The van der Waals surface area contributed by atoms with E-state index < -0.39 is 11.3 Å². The number of anilines is 2. The molecule has 0 saturated carbocycles. The van der Waals surface area contributed by atoms with Gasteiger partial charge in [0.25, 0.3) is 5.91 Å². The number of carbonyl (C=O) groups excluding carboxylic acids is 2. The Hall–Kier alpha value is -3.65. The van der Waals surface area contributed by atoms with Crippen molar-refractivity contribution in [3.63, 3.8) is 0 Å². The summed E-state index contributed by atoms with van der Waals surface area (Å²) in [7, 11) is 1.44. The van der Waals surface area contributed by atoms with E-state index in [0.717, 1.165) is 0 Å². The lowest BCUT2D eigenvalue weighted by Gasteiger charge is -2.14. The lowest BCUT2D eigenvalue weighted by molar-refractivity contribution is -0.114. The number of hydrogen-bond acceptors (Lipinski definition) is 5. The fourth-order valence-electron chi connectivity index (χ4n) is 2.84. The first-order valence-electron chi connectivity index (χ1n) is 8.93. The Morgan fingerprint density at radius 3 is 2.50 bits per heavy atom. The Morgan fingerprint density at radius 2 is 1.83 bits per heavy atom. The number of nitrogens with zero attached hydrogens (tertiary/aromatic N) is 2. The van der Waals surface area contributed by atoms with Crippen LogP contribution < -0.4 is 20.8 Å². The number of benzene rings is 2. The van der Waals surface area contributed by atoms with Crippen LogP contribution in [0.5, 0.6) is 5.75 Å². The number of rotatable bonds is 5. The fraction of sp³-hybridized carbons (Fsp3) is 0.143. The second-order valence-corrected chi connectivity index (χ2v) is 6.82. The molecule has 2 amide bonds. The van der Waals surface area contributed by atoms with Gasteiger partial charge in [-0.3, -0.25) is 14.4 Å². The summed E-state index contributed by atoms with van der Waals surface area (Å²) in [5.41, 5.74) is 0.951. The van der Waals surface area contributed by atoms with Gasteiger partial charge in [-0.25, -0.2) is 4.68 Å². The van der Waals surface area contributed by atoms with E-state index in [-0.39, 0.29) is 17.3 Å². The average Bonchev–Trinajstić information content (AvgIpc) is 2.68.